The van der Waals surface area contributed by atoms with Crippen LogP contribution in [0.15, 0.2) is 36.4 Å². The van der Waals surface area contributed by atoms with Gasteiger partial charge in [-0.1, -0.05) is 44.7 Å². The molecule has 2 rings (SSSR count). The monoisotopic (exact) mass is 430 g/mol. The molecule has 0 spiro atoms. The molecule has 0 aromatic heterocycles. The Labute approximate surface area is 183 Å². The van der Waals surface area contributed by atoms with Gasteiger partial charge < -0.3 is 23.7 Å². The molecule has 1 aliphatic heterocycles. The summed E-state index contributed by atoms with van der Waals surface area (Å²) in [6.07, 6.45) is -0.385. The summed E-state index contributed by atoms with van der Waals surface area (Å²) in [5, 5.41) is 0. The van der Waals surface area contributed by atoms with Crippen LogP contribution < -0.4 is 0 Å². The lowest BCUT2D eigenvalue weighted by molar-refractivity contribution is -0.0865. The van der Waals surface area contributed by atoms with Crippen LogP contribution in [0, 0.1) is 11.8 Å². The summed E-state index contributed by atoms with van der Waals surface area (Å²) in [5.74, 6) is 6.12. The predicted molar refractivity (Wildman–Crippen MR) is 115 cm³/mol. The molecule has 1 aliphatic rings. The average Bonchev–Trinajstić information content (AvgIpc) is 2.72. The Morgan fingerprint density at radius 1 is 0.968 bits per heavy atom. The lowest BCUT2D eigenvalue weighted by atomic mass is 9.87. The first-order valence-electron chi connectivity index (χ1n) is 10.3. The van der Waals surface area contributed by atoms with E-state index in [0.717, 1.165) is 5.56 Å². The Morgan fingerprint density at radius 2 is 1.61 bits per heavy atom. The van der Waals surface area contributed by atoms with Crippen molar-refractivity contribution in [3.63, 3.8) is 0 Å². The number of ether oxygens (including phenoxy) is 5. The maximum Gasteiger partial charge on any atom is 0.508 e. The minimum Gasteiger partial charge on any atom is -0.435 e. The van der Waals surface area contributed by atoms with E-state index in [2.05, 4.69) is 44.7 Å². The fourth-order valence-corrected chi connectivity index (χ4v) is 2.76. The Kier molecular flexibility index (Phi) is 8.95. The van der Waals surface area contributed by atoms with E-state index in [1.807, 2.05) is 12.1 Å². The molecular formula is C24H30O7. The normalized spacial score (nSPS) is 20.2. The van der Waals surface area contributed by atoms with Gasteiger partial charge in [-0.05, 0) is 49.1 Å². The first-order valence-corrected chi connectivity index (χ1v) is 10.3. The molecule has 0 radical (unpaired) electrons. The number of rotatable bonds is 5. The van der Waals surface area contributed by atoms with Crippen LogP contribution in [0.1, 0.15) is 45.7 Å². The highest BCUT2D eigenvalue weighted by Gasteiger charge is 2.31. The molecule has 7 nitrogen and oxygen atoms in total. The SMILES string of the molecule is CCOC(=O)OC[C@H]1O[C@H](C#Cc2ccc(C(C)(C)C)cc2)C=C[C@H]1OC(=O)OCC. The van der Waals surface area contributed by atoms with Gasteiger partial charge >= 0.3 is 12.3 Å². The van der Waals surface area contributed by atoms with Crippen molar-refractivity contribution in [1.29, 1.82) is 0 Å². The van der Waals surface area contributed by atoms with Gasteiger partial charge in [0.2, 0.25) is 0 Å². The molecule has 0 saturated carbocycles. The van der Waals surface area contributed by atoms with Gasteiger partial charge in [0.05, 0.1) is 13.2 Å². The molecule has 0 bridgehead atoms. The topological polar surface area (TPSA) is 80.3 Å². The van der Waals surface area contributed by atoms with Crippen molar-refractivity contribution in [2.24, 2.45) is 0 Å². The van der Waals surface area contributed by atoms with Crippen LogP contribution in [0.25, 0.3) is 0 Å². The number of hydrogen-bond acceptors (Lipinski definition) is 7. The second-order valence-electron chi connectivity index (χ2n) is 7.84. The maximum absolute atomic E-state index is 11.7. The summed E-state index contributed by atoms with van der Waals surface area (Å²) in [5.41, 5.74) is 2.15. The van der Waals surface area contributed by atoms with Crippen LogP contribution in [0.4, 0.5) is 9.59 Å². The zero-order valence-corrected chi connectivity index (χ0v) is 18.7. The third-order valence-electron chi connectivity index (χ3n) is 4.40. The molecule has 0 saturated heterocycles. The van der Waals surface area contributed by atoms with E-state index in [0.29, 0.717) is 0 Å². The summed E-state index contributed by atoms with van der Waals surface area (Å²) in [6, 6.07) is 8.05. The molecule has 7 heteroatoms. The van der Waals surface area contributed by atoms with Gasteiger partial charge in [0.1, 0.15) is 18.8 Å². The number of benzene rings is 1. The molecule has 31 heavy (non-hydrogen) atoms. The van der Waals surface area contributed by atoms with Crippen LogP contribution >= 0.6 is 0 Å². The van der Waals surface area contributed by atoms with Gasteiger partial charge in [-0.25, -0.2) is 9.59 Å². The van der Waals surface area contributed by atoms with Gasteiger partial charge in [-0.15, -0.1) is 0 Å². The Morgan fingerprint density at radius 3 is 2.23 bits per heavy atom. The smallest absolute Gasteiger partial charge is 0.435 e. The molecule has 0 fully saturated rings. The molecule has 1 heterocycles. The quantitative estimate of drug-likeness (QED) is 0.390. The third-order valence-corrected chi connectivity index (χ3v) is 4.40. The Bertz CT molecular complexity index is 824. The van der Waals surface area contributed by atoms with Gasteiger partial charge in [0.25, 0.3) is 0 Å². The fourth-order valence-electron chi connectivity index (χ4n) is 2.76. The van der Waals surface area contributed by atoms with Crippen molar-refractivity contribution in [3.05, 3.63) is 47.5 Å². The van der Waals surface area contributed by atoms with E-state index in [-0.39, 0.29) is 25.2 Å². The minimum absolute atomic E-state index is 0.0707. The van der Waals surface area contributed by atoms with E-state index >= 15 is 0 Å². The number of carbonyl (C=O) groups excluding carboxylic acids is 2. The molecule has 0 N–H and O–H groups in total. The van der Waals surface area contributed by atoms with Crippen LogP contribution in [0.5, 0.6) is 0 Å². The van der Waals surface area contributed by atoms with Crippen LogP contribution in [0.2, 0.25) is 0 Å². The zero-order chi connectivity index (χ0) is 22.9. The summed E-state index contributed by atoms with van der Waals surface area (Å²) < 4.78 is 25.7. The highest BCUT2D eigenvalue weighted by molar-refractivity contribution is 5.61. The van der Waals surface area contributed by atoms with Crippen molar-refractivity contribution in [3.8, 4) is 11.8 Å². The highest BCUT2D eigenvalue weighted by Crippen LogP contribution is 2.22. The molecule has 3 atom stereocenters. The minimum atomic E-state index is -0.828. The Hall–Kier alpha value is -2.98. The van der Waals surface area contributed by atoms with Crippen molar-refractivity contribution >= 4 is 12.3 Å². The highest BCUT2D eigenvalue weighted by atomic mass is 16.7. The average molecular weight is 430 g/mol. The number of hydrogen-bond donors (Lipinski definition) is 0. The first-order chi connectivity index (χ1) is 14.7. The fraction of sp³-hybridized carbons (Fsp3) is 0.500. The van der Waals surface area contributed by atoms with Crippen molar-refractivity contribution in [2.45, 2.75) is 58.3 Å². The number of carbonyl (C=O) groups is 2. The molecule has 168 valence electrons. The van der Waals surface area contributed by atoms with Crippen molar-refractivity contribution in [1.82, 2.24) is 0 Å². The molecule has 0 aliphatic carbocycles. The zero-order valence-electron chi connectivity index (χ0n) is 18.7. The van der Waals surface area contributed by atoms with Gasteiger partial charge in [0, 0.05) is 5.56 Å². The van der Waals surface area contributed by atoms with Gasteiger partial charge in [0.15, 0.2) is 6.10 Å². The molecular weight excluding hydrogens is 400 g/mol. The third kappa shape index (κ3) is 7.99. The van der Waals surface area contributed by atoms with Gasteiger partial charge in [-0.3, -0.25) is 0 Å². The second-order valence-corrected chi connectivity index (χ2v) is 7.84. The summed E-state index contributed by atoms with van der Waals surface area (Å²) in [4.78, 5) is 23.2. The predicted octanol–water partition coefficient (Wildman–Crippen LogP) is 4.37. The largest absolute Gasteiger partial charge is 0.508 e. The summed E-state index contributed by atoms with van der Waals surface area (Å²) in [7, 11) is 0. The lowest BCUT2D eigenvalue weighted by Crippen LogP contribution is -2.41. The molecule has 0 amide bonds. The van der Waals surface area contributed by atoms with Crippen LogP contribution in [-0.4, -0.2) is 50.4 Å². The maximum atomic E-state index is 11.7. The van der Waals surface area contributed by atoms with E-state index in [1.165, 1.54) is 5.56 Å². The van der Waals surface area contributed by atoms with Crippen LogP contribution in [0.3, 0.4) is 0 Å². The van der Waals surface area contributed by atoms with E-state index in [1.54, 1.807) is 26.0 Å². The first kappa shape index (κ1) is 24.3. The summed E-state index contributed by atoms with van der Waals surface area (Å²) >= 11 is 0. The van der Waals surface area contributed by atoms with Gasteiger partial charge in [-0.2, -0.15) is 0 Å². The second kappa shape index (κ2) is 11.4. The standard InChI is InChI=1S/C24H30O7/c1-6-27-22(25)29-16-21-20(31-23(26)28-7-2)15-14-19(30-21)13-10-17-8-11-18(12-9-17)24(3,4)5/h8-9,11-12,14-15,19-21H,6-7,16H2,1-5H3/t19-,20-,21-/m1/s1. The van der Waals surface area contributed by atoms with E-state index < -0.39 is 30.6 Å². The van der Waals surface area contributed by atoms with Crippen molar-refractivity contribution < 1.29 is 33.3 Å². The lowest BCUT2D eigenvalue weighted by Gasteiger charge is -2.29. The molecule has 1 aromatic carbocycles. The van der Waals surface area contributed by atoms with Crippen molar-refractivity contribution in [2.75, 3.05) is 19.8 Å². The van der Waals surface area contributed by atoms with Crippen LogP contribution in [-0.2, 0) is 29.1 Å². The van der Waals surface area contributed by atoms with E-state index in [9.17, 15) is 9.59 Å². The van der Waals surface area contributed by atoms with E-state index in [4.69, 9.17) is 23.7 Å². The molecule has 0 unspecified atom stereocenters. The summed E-state index contributed by atoms with van der Waals surface area (Å²) in [6.45, 7) is 10.0. The molecule has 1 aromatic rings. The Balaban J connectivity index is 2.09.